The van der Waals surface area contributed by atoms with Gasteiger partial charge in [0.2, 0.25) is 5.91 Å². The summed E-state index contributed by atoms with van der Waals surface area (Å²) >= 11 is 0. The molecule has 0 radical (unpaired) electrons. The number of benzene rings is 2. The van der Waals surface area contributed by atoms with Crippen LogP contribution in [0.3, 0.4) is 0 Å². The van der Waals surface area contributed by atoms with Gasteiger partial charge in [0.1, 0.15) is 0 Å². The lowest BCUT2D eigenvalue weighted by atomic mass is 9.89. The van der Waals surface area contributed by atoms with Crippen LogP contribution in [0.4, 0.5) is 0 Å². The van der Waals surface area contributed by atoms with Crippen molar-refractivity contribution in [3.8, 4) is 0 Å². The second-order valence-corrected chi connectivity index (χ2v) is 8.17. The Morgan fingerprint density at radius 1 is 1.11 bits per heavy atom. The molecule has 2 unspecified atom stereocenters. The first kappa shape index (κ1) is 18.2. The highest BCUT2D eigenvalue weighted by atomic mass is 16.2. The smallest absolute Gasteiger partial charge is 0.224 e. The van der Waals surface area contributed by atoms with Crippen molar-refractivity contribution >= 4 is 5.91 Å². The van der Waals surface area contributed by atoms with Crippen LogP contribution >= 0.6 is 0 Å². The van der Waals surface area contributed by atoms with Gasteiger partial charge in [-0.25, -0.2) is 0 Å². The van der Waals surface area contributed by atoms with Gasteiger partial charge in [0.15, 0.2) is 0 Å². The second-order valence-electron chi connectivity index (χ2n) is 8.17. The minimum absolute atomic E-state index is 0.0768. The number of carbonyl (C=O) groups is 1. The summed E-state index contributed by atoms with van der Waals surface area (Å²) < 4.78 is 0. The van der Waals surface area contributed by atoms with Gasteiger partial charge in [-0.3, -0.25) is 9.69 Å². The molecule has 1 N–H and O–H groups in total. The molecule has 0 saturated carbocycles. The SMILES string of the molecule is CC(NC(=O)C1CCN(Cc2ccccc2)C1)c1ccc2c(c1)CCCC2. The molecule has 142 valence electrons. The maximum atomic E-state index is 12.8. The molecule has 2 aromatic carbocycles. The Bertz CT molecular complexity index is 786. The number of nitrogens with one attached hydrogen (secondary N) is 1. The Labute approximate surface area is 162 Å². The van der Waals surface area contributed by atoms with Gasteiger partial charge < -0.3 is 5.32 Å². The van der Waals surface area contributed by atoms with Crippen molar-refractivity contribution in [1.29, 1.82) is 0 Å². The van der Waals surface area contributed by atoms with Gasteiger partial charge in [-0.05, 0) is 67.8 Å². The van der Waals surface area contributed by atoms with E-state index in [0.29, 0.717) is 0 Å². The highest BCUT2D eigenvalue weighted by Gasteiger charge is 2.29. The molecule has 1 saturated heterocycles. The van der Waals surface area contributed by atoms with Crippen LogP contribution < -0.4 is 5.32 Å². The summed E-state index contributed by atoms with van der Waals surface area (Å²) in [6.07, 6.45) is 5.93. The van der Waals surface area contributed by atoms with Crippen LogP contribution in [0.2, 0.25) is 0 Å². The molecule has 1 heterocycles. The van der Waals surface area contributed by atoms with Crippen molar-refractivity contribution in [3.63, 3.8) is 0 Å². The highest BCUT2D eigenvalue weighted by Crippen LogP contribution is 2.25. The van der Waals surface area contributed by atoms with E-state index in [0.717, 1.165) is 26.1 Å². The van der Waals surface area contributed by atoms with Crippen molar-refractivity contribution in [2.24, 2.45) is 5.92 Å². The van der Waals surface area contributed by atoms with E-state index >= 15 is 0 Å². The van der Waals surface area contributed by atoms with Gasteiger partial charge in [-0.2, -0.15) is 0 Å². The van der Waals surface area contributed by atoms with Gasteiger partial charge in [-0.1, -0.05) is 48.5 Å². The molecule has 0 aromatic heterocycles. The first-order valence-corrected chi connectivity index (χ1v) is 10.4. The summed E-state index contributed by atoms with van der Waals surface area (Å²) in [5, 5.41) is 3.26. The quantitative estimate of drug-likeness (QED) is 0.862. The summed E-state index contributed by atoms with van der Waals surface area (Å²) in [4.78, 5) is 15.2. The predicted molar refractivity (Wildman–Crippen MR) is 109 cm³/mol. The van der Waals surface area contributed by atoms with Crippen LogP contribution in [0.5, 0.6) is 0 Å². The Balaban J connectivity index is 1.32. The molecule has 2 aliphatic rings. The molecule has 1 aliphatic carbocycles. The second kappa shape index (κ2) is 8.26. The number of carbonyl (C=O) groups excluding carboxylic acids is 1. The molecule has 2 atom stereocenters. The average Bonchev–Trinajstić information content (AvgIpc) is 3.17. The summed E-state index contributed by atoms with van der Waals surface area (Å²) in [5.41, 5.74) is 5.54. The molecule has 2 aromatic rings. The third kappa shape index (κ3) is 4.41. The number of rotatable bonds is 5. The fourth-order valence-corrected chi connectivity index (χ4v) is 4.47. The van der Waals surface area contributed by atoms with E-state index in [2.05, 4.69) is 59.6 Å². The summed E-state index contributed by atoms with van der Waals surface area (Å²) in [7, 11) is 0. The number of nitrogens with zero attached hydrogens (tertiary/aromatic N) is 1. The lowest BCUT2D eigenvalue weighted by molar-refractivity contribution is -0.125. The van der Waals surface area contributed by atoms with Crippen LogP contribution in [-0.4, -0.2) is 23.9 Å². The van der Waals surface area contributed by atoms with E-state index in [1.807, 2.05) is 6.07 Å². The average molecular weight is 363 g/mol. The lowest BCUT2D eigenvalue weighted by Gasteiger charge is -2.21. The molecule has 1 fully saturated rings. The molecule has 3 nitrogen and oxygen atoms in total. The van der Waals surface area contributed by atoms with Crippen LogP contribution in [0, 0.1) is 5.92 Å². The van der Waals surface area contributed by atoms with E-state index in [4.69, 9.17) is 0 Å². The summed E-state index contributed by atoms with van der Waals surface area (Å²) in [6.45, 7) is 4.90. The fraction of sp³-hybridized carbons (Fsp3) is 0.458. The Morgan fingerprint density at radius 3 is 2.70 bits per heavy atom. The fourth-order valence-electron chi connectivity index (χ4n) is 4.47. The van der Waals surface area contributed by atoms with Crippen LogP contribution in [0.1, 0.15) is 54.5 Å². The minimum Gasteiger partial charge on any atom is -0.349 e. The zero-order valence-electron chi connectivity index (χ0n) is 16.3. The van der Waals surface area contributed by atoms with Gasteiger partial charge >= 0.3 is 0 Å². The molecule has 0 bridgehead atoms. The van der Waals surface area contributed by atoms with Crippen molar-refractivity contribution < 1.29 is 4.79 Å². The van der Waals surface area contributed by atoms with Crippen molar-refractivity contribution in [1.82, 2.24) is 10.2 Å². The van der Waals surface area contributed by atoms with Crippen molar-refractivity contribution in [2.75, 3.05) is 13.1 Å². The van der Waals surface area contributed by atoms with E-state index in [-0.39, 0.29) is 17.9 Å². The summed E-state index contributed by atoms with van der Waals surface area (Å²) in [6, 6.07) is 17.4. The van der Waals surface area contributed by atoms with Crippen molar-refractivity contribution in [2.45, 2.75) is 51.6 Å². The molecule has 4 rings (SSSR count). The number of fused-ring (bicyclic) bond motifs is 1. The highest BCUT2D eigenvalue weighted by molar-refractivity contribution is 5.79. The van der Waals surface area contributed by atoms with E-state index in [9.17, 15) is 4.79 Å². The Kier molecular flexibility index (Phi) is 5.58. The Hall–Kier alpha value is -2.13. The van der Waals surface area contributed by atoms with E-state index < -0.39 is 0 Å². The predicted octanol–water partition coefficient (Wildman–Crippen LogP) is 4.26. The van der Waals surface area contributed by atoms with Crippen LogP contribution in [0.15, 0.2) is 48.5 Å². The molecule has 3 heteroatoms. The number of hydrogen-bond donors (Lipinski definition) is 1. The van der Waals surface area contributed by atoms with Gasteiger partial charge in [0.25, 0.3) is 0 Å². The lowest BCUT2D eigenvalue weighted by Crippen LogP contribution is -2.34. The zero-order valence-corrected chi connectivity index (χ0v) is 16.3. The molecular weight excluding hydrogens is 332 g/mol. The van der Waals surface area contributed by atoms with Crippen LogP contribution in [0.25, 0.3) is 0 Å². The largest absolute Gasteiger partial charge is 0.349 e. The molecule has 0 spiro atoms. The van der Waals surface area contributed by atoms with Gasteiger partial charge in [0, 0.05) is 13.1 Å². The number of likely N-dealkylation sites (tertiary alicyclic amines) is 1. The molecule has 27 heavy (non-hydrogen) atoms. The summed E-state index contributed by atoms with van der Waals surface area (Å²) in [5.74, 6) is 0.310. The first-order chi connectivity index (χ1) is 13.2. The molecular formula is C24H30N2O. The monoisotopic (exact) mass is 362 g/mol. The zero-order chi connectivity index (χ0) is 18.6. The van der Waals surface area contributed by atoms with E-state index in [1.165, 1.54) is 47.9 Å². The number of hydrogen-bond acceptors (Lipinski definition) is 2. The molecule has 1 amide bonds. The number of aryl methyl sites for hydroxylation is 2. The first-order valence-electron chi connectivity index (χ1n) is 10.4. The van der Waals surface area contributed by atoms with E-state index in [1.54, 1.807) is 0 Å². The van der Waals surface area contributed by atoms with Crippen molar-refractivity contribution in [3.05, 3.63) is 70.8 Å². The van der Waals surface area contributed by atoms with Gasteiger partial charge in [0.05, 0.1) is 12.0 Å². The topological polar surface area (TPSA) is 32.3 Å². The van der Waals surface area contributed by atoms with Crippen LogP contribution in [-0.2, 0) is 24.2 Å². The normalized spacial score (nSPS) is 20.9. The number of amides is 1. The minimum atomic E-state index is 0.0768. The Morgan fingerprint density at radius 2 is 1.89 bits per heavy atom. The maximum Gasteiger partial charge on any atom is 0.224 e. The van der Waals surface area contributed by atoms with Gasteiger partial charge in [-0.15, -0.1) is 0 Å². The molecule has 1 aliphatic heterocycles. The third-order valence-electron chi connectivity index (χ3n) is 6.12. The maximum absolute atomic E-state index is 12.8. The standard InChI is InChI=1S/C24H30N2O/c1-18(21-12-11-20-9-5-6-10-22(20)15-21)25-24(27)23-13-14-26(17-23)16-19-7-3-2-4-8-19/h2-4,7-8,11-12,15,18,23H,5-6,9-10,13-14,16-17H2,1H3,(H,25,27). The third-order valence-corrected chi connectivity index (χ3v) is 6.12.